The molecule has 3 heterocycles. The summed E-state index contributed by atoms with van der Waals surface area (Å²) in [5.74, 6) is 1.47. The Labute approximate surface area is 172 Å². The first-order chi connectivity index (χ1) is 14.4. The zero-order chi connectivity index (χ0) is 19.5. The molecule has 0 saturated carbocycles. The molecule has 0 aliphatic carbocycles. The third kappa shape index (κ3) is 3.58. The Bertz CT molecular complexity index is 1240. The fourth-order valence-corrected chi connectivity index (χ4v) is 3.84. The van der Waals surface area contributed by atoms with Gasteiger partial charge in [0.2, 0.25) is 0 Å². The highest BCUT2D eigenvalue weighted by atomic mass is 32.1. The van der Waals surface area contributed by atoms with Gasteiger partial charge in [0.1, 0.15) is 5.82 Å². The number of pyridine rings is 1. The van der Waals surface area contributed by atoms with Gasteiger partial charge in [-0.05, 0) is 29.3 Å². The molecule has 0 atom stereocenters. The second-order valence-electron chi connectivity index (χ2n) is 6.50. The number of hydrogen-bond donors (Lipinski definition) is 1. The summed E-state index contributed by atoms with van der Waals surface area (Å²) in [5, 5.41) is 4.49. The van der Waals surface area contributed by atoms with Crippen molar-refractivity contribution in [3.8, 4) is 21.8 Å². The number of nitrogens with one attached hydrogen (secondary N) is 1. The molecule has 0 amide bonds. The van der Waals surface area contributed by atoms with Crippen molar-refractivity contribution < 1.29 is 0 Å². The second kappa shape index (κ2) is 7.77. The maximum atomic E-state index is 4.87. The van der Waals surface area contributed by atoms with Crippen molar-refractivity contribution in [3.05, 3.63) is 90.3 Å². The Kier molecular flexibility index (Phi) is 4.68. The van der Waals surface area contributed by atoms with Crippen LogP contribution in [0, 0.1) is 0 Å². The van der Waals surface area contributed by atoms with Crippen molar-refractivity contribution in [1.82, 2.24) is 19.9 Å². The van der Waals surface area contributed by atoms with E-state index in [1.54, 1.807) is 17.9 Å². The quantitative estimate of drug-likeness (QED) is 0.430. The Morgan fingerprint density at radius 3 is 2.55 bits per heavy atom. The lowest BCUT2D eigenvalue weighted by Gasteiger charge is -2.14. The molecule has 1 N–H and O–H groups in total. The number of benzene rings is 2. The molecule has 5 aromatic rings. The van der Waals surface area contributed by atoms with E-state index < -0.39 is 0 Å². The summed E-state index contributed by atoms with van der Waals surface area (Å²) in [6.45, 7) is 0.582. The van der Waals surface area contributed by atoms with Crippen LogP contribution in [0.25, 0.3) is 32.7 Å². The van der Waals surface area contributed by atoms with Crippen LogP contribution < -0.4 is 5.32 Å². The zero-order valence-electron chi connectivity index (χ0n) is 15.5. The maximum absolute atomic E-state index is 4.87. The van der Waals surface area contributed by atoms with E-state index in [0.29, 0.717) is 12.4 Å². The average molecular weight is 395 g/mol. The highest BCUT2D eigenvalue weighted by Gasteiger charge is 2.15. The molecule has 0 unspecified atom stereocenters. The van der Waals surface area contributed by atoms with Crippen LogP contribution >= 0.6 is 11.3 Å². The molecule has 0 aliphatic heterocycles. The first kappa shape index (κ1) is 17.5. The minimum atomic E-state index is 0.582. The smallest absolute Gasteiger partial charge is 0.173 e. The van der Waals surface area contributed by atoms with E-state index >= 15 is 0 Å². The van der Waals surface area contributed by atoms with Gasteiger partial charge in [-0.1, -0.05) is 48.5 Å². The van der Waals surface area contributed by atoms with Gasteiger partial charge in [0.05, 0.1) is 33.5 Å². The lowest BCUT2D eigenvalue weighted by atomic mass is 10.0. The van der Waals surface area contributed by atoms with Crippen LogP contribution in [0.5, 0.6) is 0 Å². The topological polar surface area (TPSA) is 63.6 Å². The monoisotopic (exact) mass is 395 g/mol. The van der Waals surface area contributed by atoms with Crippen LogP contribution in [-0.4, -0.2) is 19.9 Å². The minimum Gasteiger partial charge on any atom is -0.364 e. The molecule has 140 valence electrons. The van der Waals surface area contributed by atoms with Crippen LogP contribution in [0.2, 0.25) is 0 Å². The largest absolute Gasteiger partial charge is 0.364 e. The molecule has 0 aliphatic rings. The summed E-state index contributed by atoms with van der Waals surface area (Å²) >= 11 is 1.53. The fraction of sp³-hybridized carbons (Fsp3) is 0.0435. The number of nitrogens with zero attached hydrogens (tertiary/aromatic N) is 4. The maximum Gasteiger partial charge on any atom is 0.173 e. The van der Waals surface area contributed by atoms with Crippen LogP contribution in [-0.2, 0) is 6.54 Å². The van der Waals surface area contributed by atoms with Crippen LogP contribution in [0.4, 0.5) is 5.82 Å². The molecule has 0 saturated heterocycles. The lowest BCUT2D eigenvalue weighted by molar-refractivity contribution is 1.03. The third-order valence-electron chi connectivity index (χ3n) is 4.62. The van der Waals surface area contributed by atoms with E-state index in [1.807, 2.05) is 48.5 Å². The highest BCUT2D eigenvalue weighted by Crippen LogP contribution is 2.34. The van der Waals surface area contributed by atoms with Crippen LogP contribution in [0.15, 0.2) is 84.6 Å². The Morgan fingerprint density at radius 1 is 0.862 bits per heavy atom. The van der Waals surface area contributed by atoms with E-state index in [0.717, 1.165) is 38.4 Å². The third-order valence-corrected chi connectivity index (χ3v) is 5.39. The van der Waals surface area contributed by atoms with Crippen molar-refractivity contribution in [1.29, 1.82) is 0 Å². The lowest BCUT2D eigenvalue weighted by Crippen LogP contribution is -2.05. The zero-order valence-corrected chi connectivity index (χ0v) is 16.3. The van der Waals surface area contributed by atoms with E-state index in [2.05, 4.69) is 33.5 Å². The van der Waals surface area contributed by atoms with Gasteiger partial charge < -0.3 is 5.32 Å². The highest BCUT2D eigenvalue weighted by molar-refractivity contribution is 7.13. The van der Waals surface area contributed by atoms with Gasteiger partial charge in [-0.25, -0.2) is 9.97 Å². The van der Waals surface area contributed by atoms with Crippen LogP contribution in [0.3, 0.4) is 0 Å². The Hall–Kier alpha value is -3.64. The van der Waals surface area contributed by atoms with Crippen molar-refractivity contribution in [2.45, 2.75) is 6.54 Å². The van der Waals surface area contributed by atoms with Gasteiger partial charge in [-0.2, -0.15) is 0 Å². The van der Waals surface area contributed by atoms with E-state index in [1.165, 1.54) is 11.3 Å². The number of anilines is 1. The molecular weight excluding hydrogens is 378 g/mol. The molecule has 6 heteroatoms. The number of hydrogen-bond acceptors (Lipinski definition) is 6. The standard InChI is InChI=1S/C23H17N5S/c1-2-7-16(8-3-1)18-10-6-11-19-21(18)23(26-13-17-9-4-5-12-25-17)28-22(27-19)20-14-24-15-29-20/h1-12,14-15H,13H2,(H,26,27,28). The fourth-order valence-electron chi connectivity index (χ4n) is 3.28. The predicted octanol–water partition coefficient (Wildman–Crippen LogP) is 5.43. The number of aromatic nitrogens is 4. The Balaban J connectivity index is 1.68. The van der Waals surface area contributed by atoms with E-state index in [4.69, 9.17) is 9.97 Å². The summed E-state index contributed by atoms with van der Waals surface area (Å²) in [5.41, 5.74) is 5.88. The van der Waals surface area contributed by atoms with Crippen molar-refractivity contribution >= 4 is 28.1 Å². The molecule has 3 aromatic heterocycles. The predicted molar refractivity (Wildman–Crippen MR) is 118 cm³/mol. The van der Waals surface area contributed by atoms with Gasteiger partial charge in [0, 0.05) is 12.4 Å². The molecular formula is C23H17N5S. The van der Waals surface area contributed by atoms with Gasteiger partial charge in [-0.15, -0.1) is 11.3 Å². The normalized spacial score (nSPS) is 10.9. The summed E-state index contributed by atoms with van der Waals surface area (Å²) in [4.78, 5) is 19.2. The molecule has 0 fully saturated rings. The number of thiazole rings is 1. The SMILES string of the molecule is c1ccc(-c2cccc3nc(-c4cncs4)nc(NCc4ccccn4)c23)cc1. The van der Waals surface area contributed by atoms with Gasteiger partial charge >= 0.3 is 0 Å². The van der Waals surface area contributed by atoms with Crippen molar-refractivity contribution in [2.75, 3.05) is 5.32 Å². The van der Waals surface area contributed by atoms with E-state index in [9.17, 15) is 0 Å². The van der Waals surface area contributed by atoms with Gasteiger partial charge in [0.15, 0.2) is 5.82 Å². The van der Waals surface area contributed by atoms with E-state index in [-0.39, 0.29) is 0 Å². The first-order valence-electron chi connectivity index (χ1n) is 9.27. The minimum absolute atomic E-state index is 0.582. The molecule has 29 heavy (non-hydrogen) atoms. The van der Waals surface area contributed by atoms with Crippen molar-refractivity contribution in [3.63, 3.8) is 0 Å². The summed E-state index contributed by atoms with van der Waals surface area (Å²) in [6, 6.07) is 22.4. The van der Waals surface area contributed by atoms with Crippen LogP contribution in [0.1, 0.15) is 5.69 Å². The molecule has 5 rings (SSSR count). The summed E-state index contributed by atoms with van der Waals surface area (Å²) in [6.07, 6.45) is 3.60. The average Bonchev–Trinajstić information content (AvgIpc) is 3.33. The summed E-state index contributed by atoms with van der Waals surface area (Å²) in [7, 11) is 0. The van der Waals surface area contributed by atoms with Gasteiger partial charge in [0.25, 0.3) is 0 Å². The second-order valence-corrected chi connectivity index (χ2v) is 7.39. The molecule has 2 aromatic carbocycles. The van der Waals surface area contributed by atoms with Gasteiger partial charge in [-0.3, -0.25) is 9.97 Å². The Morgan fingerprint density at radius 2 is 1.76 bits per heavy atom. The molecule has 5 nitrogen and oxygen atoms in total. The number of fused-ring (bicyclic) bond motifs is 1. The first-order valence-corrected chi connectivity index (χ1v) is 10.2. The molecule has 0 bridgehead atoms. The molecule has 0 radical (unpaired) electrons. The van der Waals surface area contributed by atoms with Crippen molar-refractivity contribution in [2.24, 2.45) is 0 Å². The number of rotatable bonds is 5. The molecule has 0 spiro atoms. The summed E-state index contributed by atoms with van der Waals surface area (Å²) < 4.78 is 0.